The molecule has 0 aromatic rings. The fourth-order valence-electron chi connectivity index (χ4n) is 2.60. The molecule has 0 aromatic heterocycles. The molecule has 2 aliphatic rings. The largest absolute Gasteiger partial charge is 0.381 e. The lowest BCUT2D eigenvalue weighted by molar-refractivity contribution is 0.0611. The summed E-state index contributed by atoms with van der Waals surface area (Å²) in [4.78, 5) is 0. The van der Waals surface area contributed by atoms with E-state index in [1.807, 2.05) is 0 Å². The Morgan fingerprint density at radius 2 is 2.00 bits per heavy atom. The van der Waals surface area contributed by atoms with Crippen molar-refractivity contribution in [1.29, 1.82) is 0 Å². The van der Waals surface area contributed by atoms with E-state index in [-0.39, 0.29) is 0 Å². The molecule has 2 heteroatoms. The molecule has 0 spiro atoms. The average molecular weight is 211 g/mol. The van der Waals surface area contributed by atoms with Gasteiger partial charge in [0, 0.05) is 19.3 Å². The molecule has 1 aliphatic heterocycles. The maximum Gasteiger partial charge on any atom is 0.0468 e. The van der Waals surface area contributed by atoms with Crippen LogP contribution < -0.4 is 5.32 Å². The van der Waals surface area contributed by atoms with Gasteiger partial charge in [0.2, 0.25) is 0 Å². The van der Waals surface area contributed by atoms with Gasteiger partial charge in [0.15, 0.2) is 0 Å². The Morgan fingerprint density at radius 3 is 2.60 bits per heavy atom. The van der Waals surface area contributed by atoms with Crippen molar-refractivity contribution in [2.75, 3.05) is 19.8 Å². The lowest BCUT2D eigenvalue weighted by atomic mass is 9.93. The summed E-state index contributed by atoms with van der Waals surface area (Å²) in [5, 5.41) is 3.68. The van der Waals surface area contributed by atoms with Gasteiger partial charge in [0.1, 0.15) is 0 Å². The molecule has 3 atom stereocenters. The van der Waals surface area contributed by atoms with E-state index in [1.165, 1.54) is 32.2 Å². The summed E-state index contributed by atoms with van der Waals surface area (Å²) in [6.07, 6.45) is 5.32. The number of hydrogen-bond acceptors (Lipinski definition) is 2. The number of nitrogens with one attached hydrogen (secondary N) is 1. The Balaban J connectivity index is 1.56. The van der Waals surface area contributed by atoms with Gasteiger partial charge < -0.3 is 10.1 Å². The standard InChI is InChI=1S/C13H25NO/c1-10-7-13(10)9-14-11(2)8-12-3-5-15-6-4-12/h10-14H,3-9H2,1-2H3. The first-order chi connectivity index (χ1) is 7.25. The first-order valence-corrected chi connectivity index (χ1v) is 6.57. The maximum absolute atomic E-state index is 5.38. The molecule has 0 radical (unpaired) electrons. The third-order valence-corrected chi connectivity index (χ3v) is 4.03. The van der Waals surface area contributed by atoms with E-state index in [0.717, 1.165) is 31.0 Å². The van der Waals surface area contributed by atoms with Gasteiger partial charge in [-0.3, -0.25) is 0 Å². The highest BCUT2D eigenvalue weighted by atomic mass is 16.5. The Bertz CT molecular complexity index is 189. The predicted octanol–water partition coefficient (Wildman–Crippen LogP) is 2.44. The van der Waals surface area contributed by atoms with Gasteiger partial charge in [-0.2, -0.15) is 0 Å². The van der Waals surface area contributed by atoms with Crippen LogP contribution in [-0.2, 0) is 4.74 Å². The van der Waals surface area contributed by atoms with Crippen molar-refractivity contribution in [3.8, 4) is 0 Å². The normalized spacial score (nSPS) is 34.0. The Hall–Kier alpha value is -0.0800. The quantitative estimate of drug-likeness (QED) is 0.754. The molecule has 1 saturated heterocycles. The van der Waals surface area contributed by atoms with Crippen LogP contribution in [0.15, 0.2) is 0 Å². The van der Waals surface area contributed by atoms with E-state index in [9.17, 15) is 0 Å². The second kappa shape index (κ2) is 5.31. The lowest BCUT2D eigenvalue weighted by Crippen LogP contribution is -2.31. The van der Waals surface area contributed by atoms with E-state index in [4.69, 9.17) is 4.74 Å². The van der Waals surface area contributed by atoms with E-state index in [2.05, 4.69) is 19.2 Å². The van der Waals surface area contributed by atoms with Crippen molar-refractivity contribution >= 4 is 0 Å². The zero-order valence-electron chi connectivity index (χ0n) is 10.2. The molecular formula is C13H25NO. The molecule has 3 unspecified atom stereocenters. The van der Waals surface area contributed by atoms with Crippen molar-refractivity contribution in [3.05, 3.63) is 0 Å². The van der Waals surface area contributed by atoms with E-state index in [1.54, 1.807) is 0 Å². The summed E-state index contributed by atoms with van der Waals surface area (Å²) >= 11 is 0. The summed E-state index contributed by atoms with van der Waals surface area (Å²) in [6, 6.07) is 0.695. The molecule has 2 rings (SSSR count). The maximum atomic E-state index is 5.38. The summed E-state index contributed by atoms with van der Waals surface area (Å²) in [6.45, 7) is 7.90. The van der Waals surface area contributed by atoms with Gasteiger partial charge in [-0.15, -0.1) is 0 Å². The summed E-state index contributed by atoms with van der Waals surface area (Å²) in [5.41, 5.74) is 0. The van der Waals surface area contributed by atoms with Crippen molar-refractivity contribution < 1.29 is 4.74 Å². The van der Waals surface area contributed by atoms with Crippen LogP contribution in [0.3, 0.4) is 0 Å². The zero-order chi connectivity index (χ0) is 10.7. The zero-order valence-corrected chi connectivity index (χ0v) is 10.2. The van der Waals surface area contributed by atoms with Gasteiger partial charge in [-0.1, -0.05) is 6.92 Å². The number of hydrogen-bond donors (Lipinski definition) is 1. The van der Waals surface area contributed by atoms with Crippen molar-refractivity contribution in [2.45, 2.75) is 45.6 Å². The second-order valence-electron chi connectivity index (χ2n) is 5.57. The van der Waals surface area contributed by atoms with Crippen molar-refractivity contribution in [2.24, 2.45) is 17.8 Å². The highest BCUT2D eigenvalue weighted by Crippen LogP contribution is 2.36. The first-order valence-electron chi connectivity index (χ1n) is 6.57. The van der Waals surface area contributed by atoms with Crippen LogP contribution in [0.4, 0.5) is 0 Å². The van der Waals surface area contributed by atoms with Gasteiger partial charge in [0.25, 0.3) is 0 Å². The van der Waals surface area contributed by atoms with Crippen LogP contribution in [0.2, 0.25) is 0 Å². The fraction of sp³-hybridized carbons (Fsp3) is 1.00. The molecule has 2 fully saturated rings. The van der Waals surface area contributed by atoms with Crippen molar-refractivity contribution in [1.82, 2.24) is 5.32 Å². The predicted molar refractivity (Wildman–Crippen MR) is 62.9 cm³/mol. The van der Waals surface area contributed by atoms with Gasteiger partial charge in [0.05, 0.1) is 0 Å². The van der Waals surface area contributed by atoms with E-state index in [0.29, 0.717) is 6.04 Å². The molecule has 2 nitrogen and oxygen atoms in total. The van der Waals surface area contributed by atoms with Gasteiger partial charge in [-0.05, 0) is 56.9 Å². The molecule has 0 bridgehead atoms. The van der Waals surface area contributed by atoms with Gasteiger partial charge >= 0.3 is 0 Å². The fourth-order valence-corrected chi connectivity index (χ4v) is 2.60. The molecule has 1 N–H and O–H groups in total. The van der Waals surface area contributed by atoms with Crippen LogP contribution in [0, 0.1) is 17.8 Å². The molecule has 15 heavy (non-hydrogen) atoms. The number of ether oxygens (including phenoxy) is 1. The smallest absolute Gasteiger partial charge is 0.0468 e. The third-order valence-electron chi connectivity index (χ3n) is 4.03. The highest BCUT2D eigenvalue weighted by Gasteiger charge is 2.32. The Kier molecular flexibility index (Phi) is 4.04. The molecule has 88 valence electrons. The minimum atomic E-state index is 0.695. The Morgan fingerprint density at radius 1 is 1.33 bits per heavy atom. The van der Waals surface area contributed by atoms with Crippen LogP contribution in [0.1, 0.15) is 39.5 Å². The molecule has 1 heterocycles. The van der Waals surface area contributed by atoms with Crippen molar-refractivity contribution in [3.63, 3.8) is 0 Å². The highest BCUT2D eigenvalue weighted by molar-refractivity contribution is 4.85. The SMILES string of the molecule is CC(CC1CCOCC1)NCC1CC1C. The summed E-state index contributed by atoms with van der Waals surface area (Å²) in [5.74, 6) is 2.85. The molecular weight excluding hydrogens is 186 g/mol. The lowest BCUT2D eigenvalue weighted by Gasteiger charge is -2.25. The summed E-state index contributed by atoms with van der Waals surface area (Å²) in [7, 11) is 0. The third kappa shape index (κ3) is 3.76. The van der Waals surface area contributed by atoms with E-state index >= 15 is 0 Å². The topological polar surface area (TPSA) is 21.3 Å². The monoisotopic (exact) mass is 211 g/mol. The van der Waals surface area contributed by atoms with Crippen LogP contribution in [-0.4, -0.2) is 25.8 Å². The number of rotatable bonds is 5. The molecule has 1 aliphatic carbocycles. The molecule has 0 amide bonds. The van der Waals surface area contributed by atoms with Gasteiger partial charge in [-0.25, -0.2) is 0 Å². The van der Waals surface area contributed by atoms with E-state index < -0.39 is 0 Å². The first kappa shape index (κ1) is 11.4. The summed E-state index contributed by atoms with van der Waals surface area (Å²) < 4.78 is 5.38. The molecule has 1 saturated carbocycles. The van der Waals surface area contributed by atoms with Crippen LogP contribution in [0.25, 0.3) is 0 Å². The minimum absolute atomic E-state index is 0.695. The minimum Gasteiger partial charge on any atom is -0.381 e. The average Bonchev–Trinajstić information content (AvgIpc) is 2.93. The van der Waals surface area contributed by atoms with Crippen LogP contribution >= 0.6 is 0 Å². The second-order valence-corrected chi connectivity index (χ2v) is 5.57. The van der Waals surface area contributed by atoms with Crippen LogP contribution in [0.5, 0.6) is 0 Å². The molecule has 0 aromatic carbocycles. The Labute approximate surface area is 93.8 Å².